The van der Waals surface area contributed by atoms with Crippen molar-refractivity contribution < 1.29 is 28.5 Å². The molecule has 0 atom stereocenters. The molecule has 0 heterocycles. The molecular weight excluding hydrogens is 398 g/mol. The Morgan fingerprint density at radius 3 is 2.34 bits per heavy atom. The van der Waals surface area contributed by atoms with Crippen LogP contribution >= 0.6 is 11.6 Å². The number of amides is 1. The summed E-state index contributed by atoms with van der Waals surface area (Å²) in [7, 11) is 0. The van der Waals surface area contributed by atoms with Crippen LogP contribution in [0.4, 0.5) is 5.69 Å². The normalized spacial score (nSPS) is 10.2. The Labute approximate surface area is 174 Å². The molecule has 0 saturated carbocycles. The van der Waals surface area contributed by atoms with Gasteiger partial charge in [-0.1, -0.05) is 11.6 Å². The molecule has 7 nitrogen and oxygen atoms in total. The molecule has 0 aromatic heterocycles. The van der Waals surface area contributed by atoms with E-state index in [1.165, 1.54) is 0 Å². The average Bonchev–Trinajstić information content (AvgIpc) is 2.69. The maximum Gasteiger partial charge on any atom is 0.344 e. The maximum atomic E-state index is 12.0. The maximum absolute atomic E-state index is 12.0. The van der Waals surface area contributed by atoms with Gasteiger partial charge in [0.1, 0.15) is 5.75 Å². The minimum absolute atomic E-state index is 0.314. The van der Waals surface area contributed by atoms with Crippen LogP contribution in [0, 0.1) is 6.92 Å². The fraction of sp³-hybridized carbons (Fsp3) is 0.333. The predicted molar refractivity (Wildman–Crippen MR) is 110 cm³/mol. The van der Waals surface area contributed by atoms with Gasteiger partial charge >= 0.3 is 5.97 Å². The molecule has 1 N–H and O–H groups in total. The number of anilines is 1. The van der Waals surface area contributed by atoms with Crippen LogP contribution in [0.5, 0.6) is 17.2 Å². The van der Waals surface area contributed by atoms with Crippen LogP contribution in [0.3, 0.4) is 0 Å². The average molecular weight is 422 g/mol. The Balaban J connectivity index is 1.81. The van der Waals surface area contributed by atoms with Gasteiger partial charge in [-0.05, 0) is 56.7 Å². The smallest absolute Gasteiger partial charge is 0.344 e. The van der Waals surface area contributed by atoms with E-state index < -0.39 is 18.5 Å². The Kier molecular flexibility index (Phi) is 8.61. The highest BCUT2D eigenvalue weighted by molar-refractivity contribution is 6.31. The van der Waals surface area contributed by atoms with Crippen LogP contribution in [-0.2, 0) is 14.3 Å². The highest BCUT2D eigenvalue weighted by Gasteiger charge is 2.11. The number of nitrogens with one attached hydrogen (secondary N) is 1. The number of carbonyl (C=O) groups is 2. The summed E-state index contributed by atoms with van der Waals surface area (Å²) in [5, 5.41) is 3.26. The van der Waals surface area contributed by atoms with E-state index in [1.54, 1.807) is 36.4 Å². The Bertz CT molecular complexity index is 855. The van der Waals surface area contributed by atoms with Crippen molar-refractivity contribution in [1.82, 2.24) is 0 Å². The summed E-state index contributed by atoms with van der Waals surface area (Å²) in [4.78, 5) is 23.8. The summed E-state index contributed by atoms with van der Waals surface area (Å²) < 4.78 is 21.3. The van der Waals surface area contributed by atoms with Crippen LogP contribution in [0.1, 0.15) is 19.4 Å². The second-order valence-electron chi connectivity index (χ2n) is 5.94. The van der Waals surface area contributed by atoms with Crippen LogP contribution in [-0.4, -0.2) is 38.3 Å². The van der Waals surface area contributed by atoms with E-state index in [-0.39, 0.29) is 6.61 Å². The predicted octanol–water partition coefficient (Wildman–Crippen LogP) is 4.01. The summed E-state index contributed by atoms with van der Waals surface area (Å²) in [6.07, 6.45) is 0. The first-order valence-electron chi connectivity index (χ1n) is 9.17. The first kappa shape index (κ1) is 22.4. The van der Waals surface area contributed by atoms with Crippen molar-refractivity contribution >= 4 is 29.2 Å². The van der Waals surface area contributed by atoms with Gasteiger partial charge in [-0.15, -0.1) is 0 Å². The minimum Gasteiger partial charge on any atom is -0.490 e. The minimum atomic E-state index is -0.658. The first-order valence-corrected chi connectivity index (χ1v) is 9.54. The molecule has 1 amide bonds. The zero-order chi connectivity index (χ0) is 21.2. The van der Waals surface area contributed by atoms with Gasteiger partial charge in [0.2, 0.25) is 0 Å². The van der Waals surface area contributed by atoms with Gasteiger partial charge in [0.05, 0.1) is 13.2 Å². The van der Waals surface area contributed by atoms with Gasteiger partial charge in [0.15, 0.2) is 24.7 Å². The molecule has 0 saturated heterocycles. The number of ether oxygens (including phenoxy) is 4. The van der Waals surface area contributed by atoms with Crippen LogP contribution in [0.2, 0.25) is 5.02 Å². The van der Waals surface area contributed by atoms with E-state index in [1.807, 2.05) is 20.8 Å². The van der Waals surface area contributed by atoms with Crippen LogP contribution in [0.15, 0.2) is 36.4 Å². The van der Waals surface area contributed by atoms with Gasteiger partial charge in [-0.25, -0.2) is 4.79 Å². The Morgan fingerprint density at radius 2 is 1.66 bits per heavy atom. The van der Waals surface area contributed by atoms with Gasteiger partial charge in [0.25, 0.3) is 5.91 Å². The number of esters is 1. The summed E-state index contributed by atoms with van der Waals surface area (Å²) in [6, 6.07) is 10.1. The third-order valence-electron chi connectivity index (χ3n) is 3.68. The topological polar surface area (TPSA) is 83.1 Å². The SMILES string of the molecule is CCOc1ccc(NC(=O)COC(=O)COc2ccc(Cl)c(C)c2)cc1OCC. The number of hydrogen-bond donors (Lipinski definition) is 1. The van der Waals surface area contributed by atoms with Crippen molar-refractivity contribution in [3.63, 3.8) is 0 Å². The van der Waals surface area contributed by atoms with E-state index in [4.69, 9.17) is 30.5 Å². The largest absolute Gasteiger partial charge is 0.490 e. The lowest BCUT2D eigenvalue weighted by atomic mass is 10.2. The molecule has 0 bridgehead atoms. The first-order chi connectivity index (χ1) is 13.9. The molecular formula is C21H24ClNO6. The van der Waals surface area contributed by atoms with Crippen molar-refractivity contribution in [2.45, 2.75) is 20.8 Å². The number of hydrogen-bond acceptors (Lipinski definition) is 6. The van der Waals surface area contributed by atoms with E-state index in [0.29, 0.717) is 41.2 Å². The van der Waals surface area contributed by atoms with Crippen molar-refractivity contribution in [3.05, 3.63) is 47.0 Å². The summed E-state index contributed by atoms with van der Waals surface area (Å²) in [5.74, 6) is 0.469. The second-order valence-corrected chi connectivity index (χ2v) is 6.34. The lowest BCUT2D eigenvalue weighted by Crippen LogP contribution is -2.23. The summed E-state index contributed by atoms with van der Waals surface area (Å²) >= 11 is 5.94. The van der Waals surface area contributed by atoms with E-state index in [0.717, 1.165) is 5.56 Å². The number of rotatable bonds is 10. The third-order valence-corrected chi connectivity index (χ3v) is 4.10. The molecule has 8 heteroatoms. The molecule has 156 valence electrons. The van der Waals surface area contributed by atoms with E-state index in [9.17, 15) is 9.59 Å². The zero-order valence-corrected chi connectivity index (χ0v) is 17.4. The lowest BCUT2D eigenvalue weighted by molar-refractivity contribution is -0.149. The molecule has 0 fully saturated rings. The standard InChI is InChI=1S/C21H24ClNO6/c1-4-26-18-9-6-15(11-19(18)27-5-2)23-20(24)12-29-21(25)13-28-16-7-8-17(22)14(3)10-16/h6-11H,4-5,12-13H2,1-3H3,(H,23,24). The van der Waals surface area contributed by atoms with Crippen molar-refractivity contribution in [2.24, 2.45) is 0 Å². The molecule has 0 unspecified atom stereocenters. The Morgan fingerprint density at radius 1 is 0.931 bits per heavy atom. The van der Waals surface area contributed by atoms with Gasteiger partial charge in [0, 0.05) is 16.8 Å². The summed E-state index contributed by atoms with van der Waals surface area (Å²) in [6.45, 7) is 5.77. The number of halogens is 1. The third kappa shape index (κ3) is 7.19. The van der Waals surface area contributed by atoms with E-state index in [2.05, 4.69) is 5.32 Å². The fourth-order valence-electron chi connectivity index (χ4n) is 2.36. The highest BCUT2D eigenvalue weighted by Crippen LogP contribution is 2.30. The fourth-order valence-corrected chi connectivity index (χ4v) is 2.48. The van der Waals surface area contributed by atoms with Crippen LogP contribution < -0.4 is 19.5 Å². The monoisotopic (exact) mass is 421 g/mol. The lowest BCUT2D eigenvalue weighted by Gasteiger charge is -2.13. The molecule has 2 aromatic carbocycles. The second kappa shape index (κ2) is 11.2. The molecule has 0 radical (unpaired) electrons. The molecule has 29 heavy (non-hydrogen) atoms. The molecule has 2 aromatic rings. The molecule has 0 aliphatic carbocycles. The highest BCUT2D eigenvalue weighted by atomic mass is 35.5. The number of aryl methyl sites for hydroxylation is 1. The molecule has 0 aliphatic heterocycles. The van der Waals surface area contributed by atoms with E-state index >= 15 is 0 Å². The quantitative estimate of drug-likeness (QED) is 0.584. The van der Waals surface area contributed by atoms with Gasteiger partial charge < -0.3 is 24.3 Å². The summed E-state index contributed by atoms with van der Waals surface area (Å²) in [5.41, 5.74) is 1.34. The van der Waals surface area contributed by atoms with Gasteiger partial charge in [-0.2, -0.15) is 0 Å². The zero-order valence-electron chi connectivity index (χ0n) is 16.6. The molecule has 0 aliphatic rings. The number of carbonyl (C=O) groups excluding carboxylic acids is 2. The van der Waals surface area contributed by atoms with Crippen molar-refractivity contribution in [2.75, 3.05) is 31.7 Å². The molecule has 0 spiro atoms. The Hall–Kier alpha value is -2.93. The molecule has 2 rings (SSSR count). The van der Waals surface area contributed by atoms with Crippen molar-refractivity contribution in [3.8, 4) is 17.2 Å². The van der Waals surface area contributed by atoms with Crippen LogP contribution in [0.25, 0.3) is 0 Å². The van der Waals surface area contributed by atoms with Gasteiger partial charge in [-0.3, -0.25) is 4.79 Å². The van der Waals surface area contributed by atoms with Crippen molar-refractivity contribution in [1.29, 1.82) is 0 Å². The number of benzene rings is 2.